The number of benzene rings is 2. The predicted octanol–water partition coefficient (Wildman–Crippen LogP) is 5.01. The van der Waals surface area contributed by atoms with Crippen LogP contribution in [-0.4, -0.2) is 10.9 Å². The third-order valence-electron chi connectivity index (χ3n) is 4.03. The SMILES string of the molecule is CCCC(NC(=O)Cc1csc(-c2ccccc2)n1)c1ccccc1. The number of hydrogen-bond donors (Lipinski definition) is 1. The van der Waals surface area contributed by atoms with Crippen molar-refractivity contribution >= 4 is 17.2 Å². The maximum Gasteiger partial charge on any atom is 0.226 e. The molecule has 3 rings (SSSR count). The Balaban J connectivity index is 1.65. The zero-order chi connectivity index (χ0) is 17.5. The van der Waals surface area contributed by atoms with Crippen LogP contribution in [0.3, 0.4) is 0 Å². The topological polar surface area (TPSA) is 42.0 Å². The van der Waals surface area contributed by atoms with E-state index in [9.17, 15) is 4.79 Å². The number of carbonyl (C=O) groups excluding carboxylic acids is 1. The van der Waals surface area contributed by atoms with Crippen LogP contribution in [-0.2, 0) is 11.2 Å². The molecule has 128 valence electrons. The second kappa shape index (κ2) is 8.58. The largest absolute Gasteiger partial charge is 0.349 e. The van der Waals surface area contributed by atoms with Crippen molar-refractivity contribution in [2.24, 2.45) is 0 Å². The molecule has 3 aromatic rings. The van der Waals surface area contributed by atoms with Gasteiger partial charge in [0.05, 0.1) is 18.2 Å². The molecule has 1 atom stereocenters. The lowest BCUT2D eigenvalue weighted by Gasteiger charge is -2.18. The summed E-state index contributed by atoms with van der Waals surface area (Å²) in [6.45, 7) is 2.13. The molecule has 0 saturated carbocycles. The van der Waals surface area contributed by atoms with E-state index in [1.165, 1.54) is 0 Å². The summed E-state index contributed by atoms with van der Waals surface area (Å²) >= 11 is 1.58. The summed E-state index contributed by atoms with van der Waals surface area (Å²) in [6.07, 6.45) is 2.27. The maximum absolute atomic E-state index is 12.5. The molecule has 1 amide bonds. The van der Waals surface area contributed by atoms with E-state index in [1.54, 1.807) is 11.3 Å². The first-order valence-corrected chi connectivity index (χ1v) is 9.48. The summed E-state index contributed by atoms with van der Waals surface area (Å²) in [5.41, 5.74) is 3.07. The Morgan fingerprint density at radius 1 is 1.08 bits per heavy atom. The van der Waals surface area contributed by atoms with E-state index in [4.69, 9.17) is 0 Å². The van der Waals surface area contributed by atoms with Crippen LogP contribution in [0.2, 0.25) is 0 Å². The number of thiazole rings is 1. The van der Waals surface area contributed by atoms with Crippen LogP contribution < -0.4 is 5.32 Å². The quantitative estimate of drug-likeness (QED) is 0.651. The van der Waals surface area contributed by atoms with Gasteiger partial charge in [-0.2, -0.15) is 0 Å². The van der Waals surface area contributed by atoms with E-state index in [0.29, 0.717) is 6.42 Å². The van der Waals surface area contributed by atoms with Crippen LogP contribution in [0.15, 0.2) is 66.0 Å². The van der Waals surface area contributed by atoms with E-state index >= 15 is 0 Å². The molecule has 0 aliphatic heterocycles. The molecule has 4 heteroatoms. The van der Waals surface area contributed by atoms with Gasteiger partial charge in [-0.25, -0.2) is 4.98 Å². The van der Waals surface area contributed by atoms with Crippen molar-refractivity contribution < 1.29 is 4.79 Å². The molecule has 25 heavy (non-hydrogen) atoms. The summed E-state index contributed by atoms with van der Waals surface area (Å²) in [7, 11) is 0. The first-order chi connectivity index (χ1) is 12.3. The molecule has 1 unspecified atom stereocenters. The first kappa shape index (κ1) is 17.4. The Kier molecular flexibility index (Phi) is 5.96. The lowest BCUT2D eigenvalue weighted by atomic mass is 10.0. The molecular weight excluding hydrogens is 328 g/mol. The van der Waals surface area contributed by atoms with Gasteiger partial charge in [-0.3, -0.25) is 4.79 Å². The standard InChI is InChI=1S/C21H22N2OS/c1-2-9-19(16-10-5-3-6-11-16)23-20(24)14-18-15-25-21(22-18)17-12-7-4-8-13-17/h3-8,10-13,15,19H,2,9,14H2,1H3,(H,23,24). The fraction of sp³-hybridized carbons (Fsp3) is 0.238. The fourth-order valence-electron chi connectivity index (χ4n) is 2.81. The van der Waals surface area contributed by atoms with Gasteiger partial charge >= 0.3 is 0 Å². The van der Waals surface area contributed by atoms with E-state index in [2.05, 4.69) is 29.4 Å². The molecular formula is C21H22N2OS. The van der Waals surface area contributed by atoms with Crippen LogP contribution in [0, 0.1) is 0 Å². The van der Waals surface area contributed by atoms with Crippen LogP contribution in [0.5, 0.6) is 0 Å². The summed E-state index contributed by atoms with van der Waals surface area (Å²) < 4.78 is 0. The number of carbonyl (C=O) groups is 1. The molecule has 0 saturated heterocycles. The van der Waals surface area contributed by atoms with E-state index in [0.717, 1.165) is 34.7 Å². The number of aromatic nitrogens is 1. The normalized spacial score (nSPS) is 11.9. The molecule has 0 spiro atoms. The maximum atomic E-state index is 12.5. The Labute approximate surface area is 152 Å². The highest BCUT2D eigenvalue weighted by atomic mass is 32.1. The summed E-state index contributed by atoms with van der Waals surface area (Å²) in [6, 6.07) is 20.3. The molecule has 2 aromatic carbocycles. The minimum atomic E-state index is 0.0206. The van der Waals surface area contributed by atoms with Gasteiger partial charge in [0.1, 0.15) is 5.01 Å². The summed E-state index contributed by atoms with van der Waals surface area (Å²) in [5.74, 6) is 0.0206. The monoisotopic (exact) mass is 350 g/mol. The highest BCUT2D eigenvalue weighted by Crippen LogP contribution is 2.24. The van der Waals surface area contributed by atoms with Crippen molar-refractivity contribution in [3.8, 4) is 10.6 Å². The van der Waals surface area contributed by atoms with Crippen LogP contribution >= 0.6 is 11.3 Å². The average molecular weight is 350 g/mol. The Bertz CT molecular complexity index is 799. The number of amides is 1. The molecule has 3 nitrogen and oxygen atoms in total. The predicted molar refractivity (Wildman–Crippen MR) is 103 cm³/mol. The zero-order valence-electron chi connectivity index (χ0n) is 14.3. The van der Waals surface area contributed by atoms with Crippen LogP contribution in [0.4, 0.5) is 0 Å². The molecule has 0 radical (unpaired) electrons. The number of nitrogens with zero attached hydrogens (tertiary/aromatic N) is 1. The molecule has 0 bridgehead atoms. The smallest absolute Gasteiger partial charge is 0.226 e. The van der Waals surface area contributed by atoms with Crippen molar-refractivity contribution in [2.45, 2.75) is 32.2 Å². The second-order valence-corrected chi connectivity index (χ2v) is 6.86. The van der Waals surface area contributed by atoms with Gasteiger partial charge in [0.25, 0.3) is 0 Å². The van der Waals surface area contributed by atoms with Crippen LogP contribution in [0.25, 0.3) is 10.6 Å². The van der Waals surface area contributed by atoms with E-state index < -0.39 is 0 Å². The Hall–Kier alpha value is -2.46. The highest BCUT2D eigenvalue weighted by Gasteiger charge is 2.15. The van der Waals surface area contributed by atoms with Gasteiger partial charge in [-0.15, -0.1) is 11.3 Å². The van der Waals surface area contributed by atoms with E-state index in [-0.39, 0.29) is 11.9 Å². The summed E-state index contributed by atoms with van der Waals surface area (Å²) in [5, 5.41) is 6.08. The zero-order valence-corrected chi connectivity index (χ0v) is 15.1. The number of nitrogens with one attached hydrogen (secondary N) is 1. The Morgan fingerprint density at radius 3 is 2.44 bits per heavy atom. The van der Waals surface area contributed by atoms with Crippen molar-refractivity contribution in [1.29, 1.82) is 0 Å². The van der Waals surface area contributed by atoms with Crippen molar-refractivity contribution in [2.75, 3.05) is 0 Å². The second-order valence-electron chi connectivity index (χ2n) is 6.01. The molecule has 1 N–H and O–H groups in total. The fourth-order valence-corrected chi connectivity index (χ4v) is 3.63. The van der Waals surface area contributed by atoms with Gasteiger partial charge in [0, 0.05) is 10.9 Å². The van der Waals surface area contributed by atoms with Crippen LogP contribution in [0.1, 0.15) is 37.1 Å². The van der Waals surface area contributed by atoms with E-state index in [1.807, 2.05) is 53.9 Å². The number of hydrogen-bond acceptors (Lipinski definition) is 3. The lowest BCUT2D eigenvalue weighted by molar-refractivity contribution is -0.121. The number of rotatable bonds is 7. The molecule has 1 heterocycles. The van der Waals surface area contributed by atoms with Gasteiger partial charge in [-0.05, 0) is 12.0 Å². The molecule has 1 aromatic heterocycles. The van der Waals surface area contributed by atoms with Gasteiger partial charge < -0.3 is 5.32 Å². The molecule has 0 fully saturated rings. The molecule has 0 aliphatic rings. The van der Waals surface area contributed by atoms with Crippen molar-refractivity contribution in [1.82, 2.24) is 10.3 Å². The van der Waals surface area contributed by atoms with Gasteiger partial charge in [0.15, 0.2) is 0 Å². The minimum Gasteiger partial charge on any atom is -0.349 e. The van der Waals surface area contributed by atoms with Crippen molar-refractivity contribution in [3.05, 3.63) is 77.3 Å². The summed E-state index contributed by atoms with van der Waals surface area (Å²) in [4.78, 5) is 17.1. The van der Waals surface area contributed by atoms with Gasteiger partial charge in [-0.1, -0.05) is 74.0 Å². The van der Waals surface area contributed by atoms with Gasteiger partial charge in [0.2, 0.25) is 5.91 Å². The Morgan fingerprint density at radius 2 is 1.76 bits per heavy atom. The minimum absolute atomic E-state index is 0.0206. The third kappa shape index (κ3) is 4.77. The van der Waals surface area contributed by atoms with Crippen molar-refractivity contribution in [3.63, 3.8) is 0 Å². The molecule has 0 aliphatic carbocycles. The highest BCUT2D eigenvalue weighted by molar-refractivity contribution is 7.13. The average Bonchev–Trinajstić information content (AvgIpc) is 3.11. The first-order valence-electron chi connectivity index (χ1n) is 8.60. The third-order valence-corrected chi connectivity index (χ3v) is 4.97. The lowest BCUT2D eigenvalue weighted by Crippen LogP contribution is -2.29.